The Kier molecular flexibility index (Phi) is 3.93. The Bertz CT molecular complexity index is 817. The van der Waals surface area contributed by atoms with E-state index in [-0.39, 0.29) is 18.0 Å². The van der Waals surface area contributed by atoms with Gasteiger partial charge in [0.25, 0.3) is 5.56 Å². The number of imidazole rings is 1. The molecule has 22 heavy (non-hydrogen) atoms. The number of anilines is 1. The Morgan fingerprint density at radius 3 is 3.05 bits per heavy atom. The highest BCUT2D eigenvalue weighted by atomic mass is 79.9. The Balaban J connectivity index is 2.28. The number of nitrogens with zero attached hydrogens (tertiary/aromatic N) is 5. The molecule has 3 rings (SSSR count). The zero-order valence-electron chi connectivity index (χ0n) is 12.5. The number of fused-ring (bicyclic) bond motifs is 1. The molecule has 1 unspecified atom stereocenters. The molecule has 0 spiro atoms. The van der Waals surface area contributed by atoms with Gasteiger partial charge in [0.05, 0.1) is 24.4 Å². The lowest BCUT2D eigenvalue weighted by atomic mass is 10.2. The van der Waals surface area contributed by atoms with Crippen LogP contribution in [0.15, 0.2) is 15.5 Å². The van der Waals surface area contributed by atoms with Crippen LogP contribution >= 0.6 is 15.9 Å². The van der Waals surface area contributed by atoms with E-state index in [2.05, 4.69) is 44.1 Å². The van der Waals surface area contributed by atoms with Crippen molar-refractivity contribution in [3.63, 3.8) is 0 Å². The number of aromatic nitrogens is 3. The summed E-state index contributed by atoms with van der Waals surface area (Å²) < 4.78 is 3.75. The molecule has 1 N–H and O–H groups in total. The van der Waals surface area contributed by atoms with Crippen molar-refractivity contribution in [2.75, 3.05) is 24.5 Å². The maximum absolute atomic E-state index is 12.5. The first kappa shape index (κ1) is 15.1. The average molecular weight is 365 g/mol. The Hall–Kier alpha value is -1.85. The second-order valence-electron chi connectivity index (χ2n) is 5.47. The Morgan fingerprint density at radius 2 is 2.36 bits per heavy atom. The van der Waals surface area contributed by atoms with Crippen molar-refractivity contribution in [1.82, 2.24) is 19.5 Å². The highest BCUT2D eigenvalue weighted by Gasteiger charge is 2.26. The average Bonchev–Trinajstić information content (AvgIpc) is 2.91. The summed E-state index contributed by atoms with van der Waals surface area (Å²) in [5.41, 5.74) is 2.06. The van der Waals surface area contributed by atoms with E-state index >= 15 is 0 Å². The molecule has 1 fully saturated rings. The van der Waals surface area contributed by atoms with Gasteiger partial charge in [-0.1, -0.05) is 0 Å². The molecule has 7 nitrogen and oxygen atoms in total. The zero-order chi connectivity index (χ0) is 15.9. The van der Waals surface area contributed by atoms with Crippen LogP contribution in [0.4, 0.5) is 5.69 Å². The van der Waals surface area contributed by atoms with Gasteiger partial charge in [-0.25, -0.2) is 14.2 Å². The number of nitriles is 1. The smallest absolute Gasteiger partial charge is 0.281 e. The molecule has 1 aliphatic rings. The van der Waals surface area contributed by atoms with Crippen LogP contribution in [0.5, 0.6) is 0 Å². The van der Waals surface area contributed by atoms with Gasteiger partial charge in [-0.2, -0.15) is 5.26 Å². The van der Waals surface area contributed by atoms with E-state index in [9.17, 15) is 4.79 Å². The van der Waals surface area contributed by atoms with Crippen LogP contribution in [0, 0.1) is 11.3 Å². The predicted octanol–water partition coefficient (Wildman–Crippen LogP) is 0.660. The topological polar surface area (TPSA) is 78.4 Å². The monoisotopic (exact) mass is 364 g/mol. The number of rotatable bonds is 2. The molecule has 8 heteroatoms. The van der Waals surface area contributed by atoms with Crippen LogP contribution in [0.25, 0.3) is 5.65 Å². The lowest BCUT2D eigenvalue weighted by molar-refractivity contribution is 0.498. The zero-order valence-corrected chi connectivity index (χ0v) is 14.1. The normalized spacial score (nSPS) is 18.6. The van der Waals surface area contributed by atoms with Crippen molar-refractivity contribution in [3.8, 4) is 6.07 Å². The van der Waals surface area contributed by atoms with Crippen molar-refractivity contribution in [3.05, 3.63) is 26.7 Å². The fourth-order valence-corrected chi connectivity index (χ4v) is 3.50. The van der Waals surface area contributed by atoms with E-state index in [0.717, 1.165) is 25.3 Å². The Morgan fingerprint density at radius 1 is 1.59 bits per heavy atom. The van der Waals surface area contributed by atoms with Gasteiger partial charge in [0.15, 0.2) is 5.65 Å². The van der Waals surface area contributed by atoms with Gasteiger partial charge in [-0.15, -0.1) is 0 Å². The molecule has 1 saturated heterocycles. The molecule has 1 aliphatic heterocycles. The maximum Gasteiger partial charge on any atom is 0.281 e. The lowest BCUT2D eigenvalue weighted by Crippen LogP contribution is -2.50. The van der Waals surface area contributed by atoms with E-state index in [1.807, 2.05) is 0 Å². The van der Waals surface area contributed by atoms with Crippen molar-refractivity contribution in [2.24, 2.45) is 7.05 Å². The van der Waals surface area contributed by atoms with Crippen LogP contribution in [0.3, 0.4) is 0 Å². The lowest BCUT2D eigenvalue weighted by Gasteiger charge is -2.36. The van der Waals surface area contributed by atoms with Crippen molar-refractivity contribution in [2.45, 2.75) is 19.4 Å². The van der Waals surface area contributed by atoms with Gasteiger partial charge in [-0.05, 0) is 22.9 Å². The predicted molar refractivity (Wildman–Crippen MR) is 87.1 cm³/mol. The molecule has 0 aromatic carbocycles. The number of piperazine rings is 1. The van der Waals surface area contributed by atoms with Crippen LogP contribution < -0.4 is 15.8 Å². The summed E-state index contributed by atoms with van der Waals surface area (Å²) in [6, 6.07) is 2.36. The minimum Gasteiger partial charge on any atom is -0.362 e. The number of hydrogen-bond acceptors (Lipinski definition) is 5. The second-order valence-corrected chi connectivity index (χ2v) is 6.27. The van der Waals surface area contributed by atoms with Crippen LogP contribution in [0.2, 0.25) is 0 Å². The molecule has 0 radical (unpaired) electrons. The van der Waals surface area contributed by atoms with Crippen molar-refractivity contribution < 1.29 is 0 Å². The summed E-state index contributed by atoms with van der Waals surface area (Å²) >= 11 is 3.45. The fourth-order valence-electron chi connectivity index (χ4n) is 2.84. The van der Waals surface area contributed by atoms with Crippen LogP contribution in [-0.4, -0.2) is 39.9 Å². The molecule has 1 atom stereocenters. The first-order valence-corrected chi connectivity index (χ1v) is 7.95. The summed E-state index contributed by atoms with van der Waals surface area (Å²) in [6.45, 7) is 4.65. The van der Waals surface area contributed by atoms with Gasteiger partial charge in [0.2, 0.25) is 0 Å². The molecular weight excluding hydrogens is 348 g/mol. The van der Waals surface area contributed by atoms with E-state index < -0.39 is 0 Å². The number of nitrogens with one attached hydrogen (secondary N) is 1. The van der Waals surface area contributed by atoms with E-state index in [1.54, 1.807) is 17.8 Å². The first-order valence-electron chi connectivity index (χ1n) is 7.15. The first-order chi connectivity index (χ1) is 10.5. The van der Waals surface area contributed by atoms with Gasteiger partial charge in [-0.3, -0.25) is 4.79 Å². The van der Waals surface area contributed by atoms with Gasteiger partial charge in [0.1, 0.15) is 10.2 Å². The Labute approximate surface area is 136 Å². The third-order valence-electron chi connectivity index (χ3n) is 4.01. The summed E-state index contributed by atoms with van der Waals surface area (Å²) in [4.78, 5) is 19.2. The largest absolute Gasteiger partial charge is 0.362 e. The molecule has 2 aromatic heterocycles. The summed E-state index contributed by atoms with van der Waals surface area (Å²) in [6.07, 6.45) is 1.98. The highest BCUT2D eigenvalue weighted by Crippen LogP contribution is 2.30. The van der Waals surface area contributed by atoms with Gasteiger partial charge in [0, 0.05) is 32.7 Å². The molecule has 2 aromatic rings. The molecule has 0 bridgehead atoms. The van der Waals surface area contributed by atoms with Crippen molar-refractivity contribution in [1.29, 1.82) is 5.26 Å². The van der Waals surface area contributed by atoms with Crippen molar-refractivity contribution >= 4 is 27.3 Å². The molecule has 3 heterocycles. The SMILES string of the molecule is CC1CNCCN1c1c(Br)c(=O)n(C)n2cc(CC#N)nc12. The van der Waals surface area contributed by atoms with E-state index in [1.165, 1.54) is 4.68 Å². The fraction of sp³-hybridized carbons (Fsp3) is 0.500. The third-order valence-corrected chi connectivity index (χ3v) is 4.73. The molecular formula is C14H17BrN6O. The van der Waals surface area contributed by atoms with Crippen LogP contribution in [0.1, 0.15) is 12.6 Å². The summed E-state index contributed by atoms with van der Waals surface area (Å²) in [5, 5.41) is 12.2. The number of aryl methyl sites for hydroxylation is 1. The minimum absolute atomic E-state index is 0.117. The van der Waals surface area contributed by atoms with Gasteiger partial charge >= 0.3 is 0 Å². The number of halogens is 1. The molecule has 0 amide bonds. The molecule has 116 valence electrons. The van der Waals surface area contributed by atoms with E-state index in [0.29, 0.717) is 15.8 Å². The third kappa shape index (κ3) is 2.30. The quantitative estimate of drug-likeness (QED) is 0.846. The minimum atomic E-state index is -0.117. The molecule has 0 aliphatic carbocycles. The van der Waals surface area contributed by atoms with E-state index in [4.69, 9.17) is 5.26 Å². The molecule has 0 saturated carbocycles. The number of hydrogen-bond donors (Lipinski definition) is 1. The standard InChI is InChI=1S/C14H17BrN6O/c1-9-7-17-5-6-20(9)12-11(15)14(22)19(2)21-8-10(3-4-16)18-13(12)21/h8-9,17H,3,5-7H2,1-2H3. The second kappa shape index (κ2) is 5.74. The summed E-state index contributed by atoms with van der Waals surface area (Å²) in [5.74, 6) is 0. The maximum atomic E-state index is 12.5. The summed E-state index contributed by atoms with van der Waals surface area (Å²) in [7, 11) is 1.70. The van der Waals surface area contributed by atoms with Crippen LogP contribution in [-0.2, 0) is 13.5 Å². The highest BCUT2D eigenvalue weighted by molar-refractivity contribution is 9.10. The van der Waals surface area contributed by atoms with Gasteiger partial charge < -0.3 is 10.2 Å².